The normalized spacial score (nSPS) is 26.3. The summed E-state index contributed by atoms with van der Waals surface area (Å²) < 4.78 is 0. The fourth-order valence-corrected chi connectivity index (χ4v) is 2.49. The molecule has 0 spiro atoms. The van der Waals surface area contributed by atoms with Crippen LogP contribution in [0.5, 0.6) is 0 Å². The molecule has 0 fully saturated rings. The SMILES string of the molecule is C1CCCCCCC/N=N/N=N/N=N/CCCCCCC1. The molecule has 0 aromatic carbocycles. The van der Waals surface area contributed by atoms with Crippen molar-refractivity contribution in [3.63, 3.8) is 0 Å². The van der Waals surface area contributed by atoms with Crippen LogP contribution in [0.2, 0.25) is 0 Å². The lowest BCUT2D eigenvalue weighted by Crippen LogP contribution is -1.85. The van der Waals surface area contributed by atoms with Gasteiger partial charge in [0.2, 0.25) is 0 Å². The van der Waals surface area contributed by atoms with Crippen LogP contribution in [0.1, 0.15) is 83.5 Å². The molecule has 0 amide bonds. The Hall–Kier alpha value is -1.20. The van der Waals surface area contributed by atoms with Crippen molar-refractivity contribution in [2.24, 2.45) is 31.1 Å². The summed E-state index contributed by atoms with van der Waals surface area (Å²) in [6.45, 7) is 1.46. The van der Waals surface area contributed by atoms with Gasteiger partial charge in [0.15, 0.2) is 0 Å². The molecule has 0 unspecified atom stereocenters. The molecule has 0 bridgehead atoms. The van der Waals surface area contributed by atoms with Crippen molar-refractivity contribution in [1.82, 2.24) is 0 Å². The standard InChI is InChI=1S/C15H30N6/c1-2-4-6-8-10-12-14-16-18-20-21-19-17-15-13-11-9-7-5-3-1/h1-15H2/b18-16+,19-17+,21-20+. The second kappa shape index (κ2) is 15.2. The summed E-state index contributed by atoms with van der Waals surface area (Å²) in [4.78, 5) is 0. The number of hydrogen-bond acceptors (Lipinski definition) is 6. The van der Waals surface area contributed by atoms with Gasteiger partial charge in [-0.2, -0.15) is 10.2 Å². The first kappa shape index (κ1) is 17.9. The highest BCUT2D eigenvalue weighted by atomic mass is 15.6. The van der Waals surface area contributed by atoms with Gasteiger partial charge in [-0.25, -0.2) is 0 Å². The van der Waals surface area contributed by atoms with E-state index in [4.69, 9.17) is 0 Å². The molecule has 1 rings (SSSR count). The highest BCUT2D eigenvalue weighted by molar-refractivity contribution is 4.50. The van der Waals surface area contributed by atoms with E-state index >= 15 is 0 Å². The molecule has 1 aliphatic heterocycles. The summed E-state index contributed by atoms with van der Waals surface area (Å²) >= 11 is 0. The van der Waals surface area contributed by atoms with E-state index in [1.807, 2.05) is 0 Å². The Morgan fingerprint density at radius 1 is 0.286 bits per heavy atom. The molecule has 0 aromatic rings. The minimum absolute atomic E-state index is 0.732. The largest absolute Gasteiger partial charge is 0.167 e. The summed E-state index contributed by atoms with van der Waals surface area (Å²) in [6, 6.07) is 0. The molecule has 120 valence electrons. The molecular weight excluding hydrogens is 264 g/mol. The van der Waals surface area contributed by atoms with Gasteiger partial charge in [0, 0.05) is 0 Å². The van der Waals surface area contributed by atoms with Gasteiger partial charge in [0.1, 0.15) is 0 Å². The van der Waals surface area contributed by atoms with Gasteiger partial charge in [-0.3, -0.25) is 0 Å². The minimum atomic E-state index is 0.732. The van der Waals surface area contributed by atoms with Crippen LogP contribution >= 0.6 is 0 Å². The van der Waals surface area contributed by atoms with Crippen LogP contribution in [0.15, 0.2) is 31.1 Å². The van der Waals surface area contributed by atoms with Crippen LogP contribution in [0.25, 0.3) is 0 Å². The summed E-state index contributed by atoms with van der Waals surface area (Å²) in [5, 5.41) is 22.1. The second-order valence-electron chi connectivity index (χ2n) is 5.68. The maximum atomic E-state index is 3.94. The Bertz CT molecular complexity index is 273. The average Bonchev–Trinajstić information content (AvgIpc) is 2.50. The van der Waals surface area contributed by atoms with E-state index in [0.29, 0.717) is 0 Å². The van der Waals surface area contributed by atoms with Crippen molar-refractivity contribution in [2.45, 2.75) is 83.5 Å². The van der Waals surface area contributed by atoms with E-state index in [1.54, 1.807) is 0 Å². The molecule has 21 heavy (non-hydrogen) atoms. The van der Waals surface area contributed by atoms with E-state index in [-0.39, 0.29) is 0 Å². The maximum Gasteiger partial charge on any atom is 0.0621 e. The van der Waals surface area contributed by atoms with Crippen molar-refractivity contribution in [3.05, 3.63) is 0 Å². The topological polar surface area (TPSA) is 74.2 Å². The highest BCUT2D eigenvalue weighted by Gasteiger charge is 1.94. The molecule has 0 saturated heterocycles. The van der Waals surface area contributed by atoms with Gasteiger partial charge < -0.3 is 0 Å². The fourth-order valence-electron chi connectivity index (χ4n) is 2.49. The zero-order valence-corrected chi connectivity index (χ0v) is 13.3. The fraction of sp³-hybridized carbons (Fsp3) is 1.00. The molecular formula is C15H30N6. The number of hydrogen-bond donors (Lipinski definition) is 0. The van der Waals surface area contributed by atoms with Gasteiger partial charge in [-0.05, 0) is 33.7 Å². The van der Waals surface area contributed by atoms with Crippen molar-refractivity contribution < 1.29 is 0 Å². The zero-order chi connectivity index (χ0) is 14.8. The first-order chi connectivity index (χ1) is 10.5. The van der Waals surface area contributed by atoms with Crippen LogP contribution in [0.4, 0.5) is 0 Å². The van der Waals surface area contributed by atoms with E-state index in [9.17, 15) is 0 Å². The third-order valence-corrected chi connectivity index (χ3v) is 3.76. The van der Waals surface area contributed by atoms with E-state index in [1.165, 1.54) is 70.6 Å². The monoisotopic (exact) mass is 294 g/mol. The van der Waals surface area contributed by atoms with Gasteiger partial charge >= 0.3 is 0 Å². The van der Waals surface area contributed by atoms with Gasteiger partial charge in [0.25, 0.3) is 0 Å². The number of rotatable bonds is 0. The molecule has 0 radical (unpaired) electrons. The Morgan fingerprint density at radius 3 is 0.905 bits per heavy atom. The molecule has 0 aromatic heterocycles. The molecule has 0 N–H and O–H groups in total. The molecule has 6 heteroatoms. The zero-order valence-electron chi connectivity index (χ0n) is 13.3. The summed E-state index contributed by atoms with van der Waals surface area (Å²) in [7, 11) is 0. The number of nitrogens with zero attached hydrogens (tertiary/aromatic N) is 6. The third-order valence-electron chi connectivity index (χ3n) is 3.76. The van der Waals surface area contributed by atoms with Gasteiger partial charge in [-0.15, -0.1) is 0 Å². The van der Waals surface area contributed by atoms with Crippen molar-refractivity contribution in [3.8, 4) is 0 Å². The van der Waals surface area contributed by atoms with Crippen molar-refractivity contribution in [1.29, 1.82) is 0 Å². The van der Waals surface area contributed by atoms with Crippen LogP contribution in [-0.2, 0) is 0 Å². The molecule has 0 saturated carbocycles. The van der Waals surface area contributed by atoms with E-state index < -0.39 is 0 Å². The molecule has 6 nitrogen and oxygen atoms in total. The predicted octanol–water partition coefficient (Wildman–Crippen LogP) is 6.26. The van der Waals surface area contributed by atoms with Crippen LogP contribution in [0, 0.1) is 0 Å². The van der Waals surface area contributed by atoms with Crippen LogP contribution in [0.3, 0.4) is 0 Å². The average molecular weight is 294 g/mol. The Morgan fingerprint density at radius 2 is 0.571 bits per heavy atom. The lowest BCUT2D eigenvalue weighted by atomic mass is 10.0. The first-order valence-electron chi connectivity index (χ1n) is 8.63. The summed E-state index contributed by atoms with van der Waals surface area (Å²) in [6.07, 6.45) is 17.0. The Kier molecular flexibility index (Phi) is 12.9. The summed E-state index contributed by atoms with van der Waals surface area (Å²) in [5.41, 5.74) is 0. The maximum absolute atomic E-state index is 3.94. The van der Waals surface area contributed by atoms with E-state index in [0.717, 1.165) is 25.9 Å². The predicted molar refractivity (Wildman–Crippen MR) is 84.3 cm³/mol. The smallest absolute Gasteiger partial charge is 0.0621 e. The lowest BCUT2D eigenvalue weighted by Gasteiger charge is -2.02. The Labute approximate surface area is 128 Å². The quantitative estimate of drug-likeness (QED) is 0.506. The Balaban J connectivity index is 2.17. The van der Waals surface area contributed by atoms with Crippen molar-refractivity contribution >= 4 is 0 Å². The van der Waals surface area contributed by atoms with E-state index in [2.05, 4.69) is 31.1 Å². The third kappa shape index (κ3) is 13.5. The van der Waals surface area contributed by atoms with Gasteiger partial charge in [-0.1, -0.05) is 70.6 Å². The summed E-state index contributed by atoms with van der Waals surface area (Å²) in [5.74, 6) is 0. The first-order valence-corrected chi connectivity index (χ1v) is 8.63. The van der Waals surface area contributed by atoms with Crippen LogP contribution < -0.4 is 0 Å². The lowest BCUT2D eigenvalue weighted by molar-refractivity contribution is 0.537. The van der Waals surface area contributed by atoms with Crippen molar-refractivity contribution in [2.75, 3.05) is 13.1 Å². The molecule has 0 atom stereocenters. The van der Waals surface area contributed by atoms with Gasteiger partial charge in [0.05, 0.1) is 13.1 Å². The highest BCUT2D eigenvalue weighted by Crippen LogP contribution is 2.12. The second-order valence-corrected chi connectivity index (χ2v) is 5.68. The minimum Gasteiger partial charge on any atom is -0.167 e. The molecule has 1 heterocycles. The molecule has 0 aliphatic carbocycles. The molecule has 1 aliphatic rings. The van der Waals surface area contributed by atoms with Crippen LogP contribution in [-0.4, -0.2) is 13.1 Å².